The topological polar surface area (TPSA) is 58.6 Å². The maximum atomic E-state index is 13.0. The molecule has 2 amide bonds. The maximum absolute atomic E-state index is 13.0. The van der Waals surface area contributed by atoms with E-state index in [-0.39, 0.29) is 29.7 Å². The van der Waals surface area contributed by atoms with Gasteiger partial charge in [-0.05, 0) is 37.5 Å². The Morgan fingerprint density at radius 1 is 1.29 bits per heavy atom. The van der Waals surface area contributed by atoms with Gasteiger partial charge in [0.15, 0.2) is 0 Å². The molecule has 1 aromatic rings. The second kappa shape index (κ2) is 7.30. The third kappa shape index (κ3) is 3.75. The van der Waals surface area contributed by atoms with E-state index in [2.05, 4.69) is 5.32 Å². The monoisotopic (exact) mass is 334 g/mol. The van der Waals surface area contributed by atoms with Gasteiger partial charge in [0.2, 0.25) is 11.8 Å². The standard InChI is InChI=1S/C18H23FN2O3/c1-12(20-17(22)14-3-2-4-14)18(23)21-9-10-24-16(11-21)13-5-7-15(19)8-6-13/h5-8,12,14,16H,2-4,9-11H2,1H3,(H,20,22)/t12-,16+/m0/s1. The molecular weight excluding hydrogens is 311 g/mol. The summed E-state index contributed by atoms with van der Waals surface area (Å²) in [6.07, 6.45) is 2.65. The van der Waals surface area contributed by atoms with Crippen molar-refractivity contribution in [3.63, 3.8) is 0 Å². The van der Waals surface area contributed by atoms with Crippen LogP contribution in [-0.4, -0.2) is 42.5 Å². The van der Waals surface area contributed by atoms with Crippen LogP contribution in [0.5, 0.6) is 0 Å². The Hall–Kier alpha value is -1.95. The first-order valence-corrected chi connectivity index (χ1v) is 8.51. The Labute approximate surface area is 141 Å². The third-order valence-electron chi connectivity index (χ3n) is 4.83. The van der Waals surface area contributed by atoms with E-state index in [1.807, 2.05) is 0 Å². The number of benzene rings is 1. The van der Waals surface area contributed by atoms with Crippen molar-refractivity contribution in [1.29, 1.82) is 0 Å². The van der Waals surface area contributed by atoms with Crippen LogP contribution in [0.3, 0.4) is 0 Å². The lowest BCUT2D eigenvalue weighted by Gasteiger charge is -2.35. The van der Waals surface area contributed by atoms with Crippen LogP contribution in [0.25, 0.3) is 0 Å². The summed E-state index contributed by atoms with van der Waals surface area (Å²) in [5.74, 6) is -0.352. The van der Waals surface area contributed by atoms with E-state index in [9.17, 15) is 14.0 Å². The molecule has 1 aliphatic heterocycles. The van der Waals surface area contributed by atoms with Crippen molar-refractivity contribution in [3.05, 3.63) is 35.6 Å². The summed E-state index contributed by atoms with van der Waals surface area (Å²) in [5, 5.41) is 2.82. The molecule has 24 heavy (non-hydrogen) atoms. The molecular formula is C18H23FN2O3. The van der Waals surface area contributed by atoms with Crippen molar-refractivity contribution < 1.29 is 18.7 Å². The second-order valence-corrected chi connectivity index (χ2v) is 6.55. The van der Waals surface area contributed by atoms with Gasteiger partial charge in [0.05, 0.1) is 13.2 Å². The van der Waals surface area contributed by atoms with E-state index in [0.29, 0.717) is 19.7 Å². The molecule has 1 aromatic carbocycles. The van der Waals surface area contributed by atoms with Crippen molar-refractivity contribution in [3.8, 4) is 0 Å². The van der Waals surface area contributed by atoms with Gasteiger partial charge in [-0.25, -0.2) is 4.39 Å². The molecule has 0 radical (unpaired) electrons. The van der Waals surface area contributed by atoms with E-state index in [1.54, 1.807) is 24.0 Å². The number of carbonyl (C=O) groups excluding carboxylic acids is 2. The SMILES string of the molecule is C[C@H](NC(=O)C1CCC1)C(=O)N1CCO[C@@H](c2ccc(F)cc2)C1. The van der Waals surface area contributed by atoms with Gasteiger partial charge in [0, 0.05) is 12.5 Å². The van der Waals surface area contributed by atoms with Crippen LogP contribution in [0.1, 0.15) is 37.9 Å². The van der Waals surface area contributed by atoms with Gasteiger partial charge in [-0.2, -0.15) is 0 Å². The van der Waals surface area contributed by atoms with Crippen LogP contribution < -0.4 is 5.32 Å². The van der Waals surface area contributed by atoms with Crippen molar-refractivity contribution in [2.75, 3.05) is 19.7 Å². The first-order valence-electron chi connectivity index (χ1n) is 8.51. The third-order valence-corrected chi connectivity index (χ3v) is 4.83. The van der Waals surface area contributed by atoms with Gasteiger partial charge in [0.1, 0.15) is 18.0 Å². The lowest BCUT2D eigenvalue weighted by Crippen LogP contribution is -2.52. The van der Waals surface area contributed by atoms with Crippen molar-refractivity contribution >= 4 is 11.8 Å². The number of nitrogens with zero attached hydrogens (tertiary/aromatic N) is 1. The Balaban J connectivity index is 1.57. The van der Waals surface area contributed by atoms with Gasteiger partial charge >= 0.3 is 0 Å². The molecule has 1 aliphatic carbocycles. The predicted molar refractivity (Wildman–Crippen MR) is 86.6 cm³/mol. The minimum atomic E-state index is -0.537. The van der Waals surface area contributed by atoms with Gasteiger partial charge in [-0.3, -0.25) is 9.59 Å². The maximum Gasteiger partial charge on any atom is 0.245 e. The predicted octanol–water partition coefficient (Wildman–Crippen LogP) is 2.03. The normalized spacial score (nSPS) is 22.6. The zero-order valence-corrected chi connectivity index (χ0v) is 13.8. The molecule has 2 fully saturated rings. The Kier molecular flexibility index (Phi) is 5.14. The van der Waals surface area contributed by atoms with Crippen molar-refractivity contribution in [2.45, 2.75) is 38.3 Å². The molecule has 0 aromatic heterocycles. The number of rotatable bonds is 4. The lowest BCUT2D eigenvalue weighted by atomic mass is 9.84. The van der Waals surface area contributed by atoms with E-state index in [1.165, 1.54) is 12.1 Å². The van der Waals surface area contributed by atoms with Crippen LogP contribution in [-0.2, 0) is 14.3 Å². The van der Waals surface area contributed by atoms with E-state index in [4.69, 9.17) is 4.74 Å². The minimum Gasteiger partial charge on any atom is -0.370 e. The molecule has 2 aliphatic rings. The second-order valence-electron chi connectivity index (χ2n) is 6.55. The summed E-state index contributed by atoms with van der Waals surface area (Å²) in [7, 11) is 0. The number of nitrogens with one attached hydrogen (secondary N) is 1. The molecule has 1 N–H and O–H groups in total. The average Bonchev–Trinajstić information content (AvgIpc) is 2.53. The van der Waals surface area contributed by atoms with Gasteiger partial charge in [-0.15, -0.1) is 0 Å². The highest BCUT2D eigenvalue weighted by atomic mass is 19.1. The van der Waals surface area contributed by atoms with Gasteiger partial charge in [0.25, 0.3) is 0 Å². The lowest BCUT2D eigenvalue weighted by molar-refractivity contribution is -0.143. The molecule has 1 saturated heterocycles. The smallest absolute Gasteiger partial charge is 0.245 e. The highest BCUT2D eigenvalue weighted by molar-refractivity contribution is 5.88. The number of ether oxygens (including phenoxy) is 1. The Morgan fingerprint density at radius 2 is 2.00 bits per heavy atom. The summed E-state index contributed by atoms with van der Waals surface area (Å²) in [4.78, 5) is 26.3. The minimum absolute atomic E-state index is 0.0227. The Bertz CT molecular complexity index is 601. The average molecular weight is 334 g/mol. The van der Waals surface area contributed by atoms with E-state index in [0.717, 1.165) is 24.8 Å². The number of halogens is 1. The molecule has 0 bridgehead atoms. The number of morpholine rings is 1. The number of hydrogen-bond acceptors (Lipinski definition) is 3. The van der Waals surface area contributed by atoms with Crippen LogP contribution in [0.2, 0.25) is 0 Å². The summed E-state index contributed by atoms with van der Waals surface area (Å²) in [6, 6.07) is 5.60. The molecule has 5 nitrogen and oxygen atoms in total. The fraction of sp³-hybridized carbons (Fsp3) is 0.556. The summed E-state index contributed by atoms with van der Waals surface area (Å²) >= 11 is 0. The molecule has 3 rings (SSSR count). The zero-order chi connectivity index (χ0) is 17.1. The largest absolute Gasteiger partial charge is 0.370 e. The summed E-state index contributed by atoms with van der Waals surface area (Å²) < 4.78 is 18.7. The van der Waals surface area contributed by atoms with Crippen LogP contribution in [0.4, 0.5) is 4.39 Å². The number of carbonyl (C=O) groups is 2. The fourth-order valence-electron chi connectivity index (χ4n) is 3.07. The van der Waals surface area contributed by atoms with Gasteiger partial charge < -0.3 is 15.0 Å². The van der Waals surface area contributed by atoms with Crippen LogP contribution >= 0.6 is 0 Å². The highest BCUT2D eigenvalue weighted by Gasteiger charge is 2.31. The van der Waals surface area contributed by atoms with Crippen LogP contribution in [0, 0.1) is 11.7 Å². The fourth-order valence-corrected chi connectivity index (χ4v) is 3.07. The molecule has 2 atom stereocenters. The van der Waals surface area contributed by atoms with E-state index < -0.39 is 6.04 Å². The molecule has 1 saturated carbocycles. The zero-order valence-electron chi connectivity index (χ0n) is 13.8. The quantitative estimate of drug-likeness (QED) is 0.917. The van der Waals surface area contributed by atoms with Crippen molar-refractivity contribution in [1.82, 2.24) is 10.2 Å². The Morgan fingerprint density at radius 3 is 2.62 bits per heavy atom. The first kappa shape index (κ1) is 16.9. The van der Waals surface area contributed by atoms with Crippen LogP contribution in [0.15, 0.2) is 24.3 Å². The van der Waals surface area contributed by atoms with E-state index >= 15 is 0 Å². The summed E-state index contributed by atoms with van der Waals surface area (Å²) in [6.45, 7) is 3.06. The number of amides is 2. The van der Waals surface area contributed by atoms with Gasteiger partial charge in [-0.1, -0.05) is 18.6 Å². The van der Waals surface area contributed by atoms with Crippen molar-refractivity contribution in [2.24, 2.45) is 5.92 Å². The highest BCUT2D eigenvalue weighted by Crippen LogP contribution is 2.26. The molecule has 0 spiro atoms. The summed E-state index contributed by atoms with van der Waals surface area (Å²) in [5.41, 5.74) is 0.847. The molecule has 1 heterocycles. The number of hydrogen-bond donors (Lipinski definition) is 1. The first-order chi connectivity index (χ1) is 11.5. The molecule has 6 heteroatoms. The molecule has 0 unspecified atom stereocenters. The molecule has 130 valence electrons.